The van der Waals surface area contributed by atoms with Crippen LogP contribution in [0.5, 0.6) is 0 Å². The lowest BCUT2D eigenvalue weighted by Gasteiger charge is -2.14. The molecule has 2 amide bonds. The maximum Gasteiger partial charge on any atom is 0.309 e. The third kappa shape index (κ3) is 4.55. The summed E-state index contributed by atoms with van der Waals surface area (Å²) < 4.78 is 0. The van der Waals surface area contributed by atoms with Gasteiger partial charge in [0.1, 0.15) is 0 Å². The number of aliphatic hydroxyl groups is 1. The summed E-state index contributed by atoms with van der Waals surface area (Å²) in [5, 5.41) is 13.9. The van der Waals surface area contributed by atoms with Gasteiger partial charge < -0.3 is 15.7 Å². The van der Waals surface area contributed by atoms with Crippen LogP contribution in [0.4, 0.5) is 0 Å². The highest BCUT2D eigenvalue weighted by Crippen LogP contribution is 2.10. The number of rotatable bonds is 4. The zero-order valence-electron chi connectivity index (χ0n) is 10.5. The number of carbonyl (C=O) groups is 2. The van der Waals surface area contributed by atoms with Gasteiger partial charge in [0.15, 0.2) is 0 Å². The summed E-state index contributed by atoms with van der Waals surface area (Å²) in [5.41, 5.74) is 0.925. The van der Waals surface area contributed by atoms with Crippen molar-refractivity contribution in [1.82, 2.24) is 10.6 Å². The number of nitrogens with one attached hydrogen (secondary N) is 2. The third-order valence-corrected chi connectivity index (χ3v) is 2.41. The molecule has 2 atom stereocenters. The molecule has 5 nitrogen and oxygen atoms in total. The Morgan fingerprint density at radius 3 is 2.33 bits per heavy atom. The Hall–Kier alpha value is -1.88. The summed E-state index contributed by atoms with van der Waals surface area (Å²) in [6.45, 7) is 3.39. The average Bonchev–Trinajstić information content (AvgIpc) is 2.36. The van der Waals surface area contributed by atoms with Crippen molar-refractivity contribution in [3.05, 3.63) is 35.9 Å². The van der Waals surface area contributed by atoms with Crippen LogP contribution in [0.1, 0.15) is 25.5 Å². The van der Waals surface area contributed by atoms with E-state index < -0.39 is 17.9 Å². The molecule has 0 aromatic heterocycles. The number of carbonyl (C=O) groups excluding carboxylic acids is 2. The van der Waals surface area contributed by atoms with Gasteiger partial charge in [-0.1, -0.05) is 30.3 Å². The molecule has 1 rings (SSSR count). The van der Waals surface area contributed by atoms with Crippen LogP contribution in [0.2, 0.25) is 0 Å². The second-order valence-electron chi connectivity index (χ2n) is 4.16. The molecule has 2 unspecified atom stereocenters. The fourth-order valence-electron chi connectivity index (χ4n) is 1.41. The van der Waals surface area contributed by atoms with E-state index in [0.717, 1.165) is 5.56 Å². The van der Waals surface area contributed by atoms with Gasteiger partial charge in [-0.25, -0.2) is 0 Å². The quantitative estimate of drug-likeness (QED) is 0.675. The monoisotopic (exact) mass is 250 g/mol. The molecule has 0 saturated carbocycles. The van der Waals surface area contributed by atoms with Crippen molar-refractivity contribution in [3.63, 3.8) is 0 Å². The summed E-state index contributed by atoms with van der Waals surface area (Å²) in [5.74, 6) is -1.44. The highest BCUT2D eigenvalue weighted by atomic mass is 16.3. The Labute approximate surface area is 106 Å². The van der Waals surface area contributed by atoms with Crippen molar-refractivity contribution >= 4 is 11.8 Å². The van der Waals surface area contributed by atoms with E-state index in [0.29, 0.717) is 0 Å². The minimum absolute atomic E-state index is 0.0615. The first-order chi connectivity index (χ1) is 8.50. The van der Waals surface area contributed by atoms with Crippen LogP contribution < -0.4 is 10.6 Å². The topological polar surface area (TPSA) is 78.4 Å². The van der Waals surface area contributed by atoms with Gasteiger partial charge in [-0.15, -0.1) is 0 Å². The van der Waals surface area contributed by atoms with Gasteiger partial charge >= 0.3 is 11.8 Å². The van der Waals surface area contributed by atoms with E-state index in [-0.39, 0.29) is 12.6 Å². The van der Waals surface area contributed by atoms with Gasteiger partial charge in [0.2, 0.25) is 0 Å². The zero-order valence-corrected chi connectivity index (χ0v) is 10.5. The molecule has 0 fully saturated rings. The first-order valence-electron chi connectivity index (χ1n) is 5.82. The van der Waals surface area contributed by atoms with Gasteiger partial charge in [-0.05, 0) is 19.4 Å². The molecule has 1 aromatic carbocycles. The van der Waals surface area contributed by atoms with Gasteiger partial charge in [-0.3, -0.25) is 9.59 Å². The molecule has 18 heavy (non-hydrogen) atoms. The number of amides is 2. The average molecular weight is 250 g/mol. The predicted octanol–water partition coefficient (Wildman–Crippen LogP) is 0.361. The molecule has 0 aliphatic rings. The van der Waals surface area contributed by atoms with Gasteiger partial charge in [0.25, 0.3) is 0 Å². The lowest BCUT2D eigenvalue weighted by molar-refractivity contribution is -0.139. The van der Waals surface area contributed by atoms with E-state index >= 15 is 0 Å². The lowest BCUT2D eigenvalue weighted by atomic mass is 10.1. The molecule has 3 N–H and O–H groups in total. The SMILES string of the molecule is CC(O)CNC(=O)C(=O)NC(C)c1ccccc1. The Balaban J connectivity index is 2.47. The van der Waals surface area contributed by atoms with Crippen LogP contribution in [0.25, 0.3) is 0 Å². The normalized spacial score (nSPS) is 13.5. The minimum atomic E-state index is -0.737. The highest BCUT2D eigenvalue weighted by molar-refractivity contribution is 6.35. The summed E-state index contributed by atoms with van der Waals surface area (Å²) in [6, 6.07) is 9.12. The van der Waals surface area contributed by atoms with Crippen molar-refractivity contribution in [1.29, 1.82) is 0 Å². The number of hydrogen-bond acceptors (Lipinski definition) is 3. The van der Waals surface area contributed by atoms with E-state index in [4.69, 9.17) is 5.11 Å². The summed E-state index contributed by atoms with van der Waals surface area (Å²) >= 11 is 0. The van der Waals surface area contributed by atoms with Crippen LogP contribution in [-0.4, -0.2) is 29.6 Å². The van der Waals surface area contributed by atoms with E-state index in [1.165, 1.54) is 6.92 Å². The Morgan fingerprint density at radius 2 is 1.78 bits per heavy atom. The molecule has 5 heteroatoms. The highest BCUT2D eigenvalue weighted by Gasteiger charge is 2.16. The second kappa shape index (κ2) is 6.76. The molecule has 98 valence electrons. The number of benzene rings is 1. The summed E-state index contributed by atoms with van der Waals surface area (Å²) in [7, 11) is 0. The number of hydrogen-bond donors (Lipinski definition) is 3. The van der Waals surface area contributed by atoms with Crippen LogP contribution in [0.15, 0.2) is 30.3 Å². The van der Waals surface area contributed by atoms with E-state index in [9.17, 15) is 9.59 Å². The lowest BCUT2D eigenvalue weighted by Crippen LogP contribution is -2.43. The molecule has 0 aliphatic carbocycles. The van der Waals surface area contributed by atoms with E-state index in [2.05, 4.69) is 10.6 Å². The fraction of sp³-hybridized carbons (Fsp3) is 0.385. The fourth-order valence-corrected chi connectivity index (χ4v) is 1.41. The minimum Gasteiger partial charge on any atom is -0.392 e. The van der Waals surface area contributed by atoms with Crippen molar-refractivity contribution in [2.45, 2.75) is 26.0 Å². The van der Waals surface area contributed by atoms with Gasteiger partial charge in [-0.2, -0.15) is 0 Å². The maximum absolute atomic E-state index is 11.5. The third-order valence-electron chi connectivity index (χ3n) is 2.41. The molecule has 0 heterocycles. The second-order valence-corrected chi connectivity index (χ2v) is 4.16. The molecule has 0 saturated heterocycles. The predicted molar refractivity (Wildman–Crippen MR) is 67.7 cm³/mol. The van der Waals surface area contributed by atoms with Crippen LogP contribution in [0, 0.1) is 0 Å². The van der Waals surface area contributed by atoms with Gasteiger partial charge in [0, 0.05) is 6.54 Å². The van der Waals surface area contributed by atoms with Crippen LogP contribution >= 0.6 is 0 Å². The Kier molecular flexibility index (Phi) is 5.32. The zero-order chi connectivity index (χ0) is 13.5. The Bertz CT molecular complexity index is 404. The van der Waals surface area contributed by atoms with Crippen molar-refractivity contribution in [3.8, 4) is 0 Å². The smallest absolute Gasteiger partial charge is 0.309 e. The standard InChI is InChI=1S/C13H18N2O3/c1-9(16)8-14-12(17)13(18)15-10(2)11-6-4-3-5-7-11/h3-7,9-10,16H,8H2,1-2H3,(H,14,17)(H,15,18). The van der Waals surface area contributed by atoms with Crippen LogP contribution in [-0.2, 0) is 9.59 Å². The number of aliphatic hydroxyl groups excluding tert-OH is 1. The molecule has 0 radical (unpaired) electrons. The van der Waals surface area contributed by atoms with E-state index in [1.807, 2.05) is 30.3 Å². The molecule has 1 aromatic rings. The van der Waals surface area contributed by atoms with Gasteiger partial charge in [0.05, 0.1) is 12.1 Å². The van der Waals surface area contributed by atoms with Crippen LogP contribution in [0.3, 0.4) is 0 Å². The summed E-state index contributed by atoms with van der Waals surface area (Å²) in [6.07, 6.45) is -0.673. The molecule has 0 aliphatic heterocycles. The van der Waals surface area contributed by atoms with E-state index in [1.54, 1.807) is 6.92 Å². The first-order valence-corrected chi connectivity index (χ1v) is 5.82. The van der Waals surface area contributed by atoms with Crippen molar-refractivity contribution < 1.29 is 14.7 Å². The summed E-state index contributed by atoms with van der Waals surface area (Å²) in [4.78, 5) is 22.9. The Morgan fingerprint density at radius 1 is 1.17 bits per heavy atom. The maximum atomic E-state index is 11.5. The molecule has 0 bridgehead atoms. The largest absolute Gasteiger partial charge is 0.392 e. The molecular weight excluding hydrogens is 232 g/mol. The van der Waals surface area contributed by atoms with Crippen molar-refractivity contribution in [2.75, 3.05) is 6.54 Å². The molecular formula is C13H18N2O3. The van der Waals surface area contributed by atoms with Crippen molar-refractivity contribution in [2.24, 2.45) is 0 Å². The first kappa shape index (κ1) is 14.2. The molecule has 0 spiro atoms.